The van der Waals surface area contributed by atoms with Crippen LogP contribution in [-0.4, -0.2) is 19.3 Å². The van der Waals surface area contributed by atoms with Crippen molar-refractivity contribution in [1.82, 2.24) is 0 Å². The molecule has 15 heavy (non-hydrogen) atoms. The predicted molar refractivity (Wildman–Crippen MR) is 53.7 cm³/mol. The van der Waals surface area contributed by atoms with E-state index < -0.39 is 12.2 Å². The van der Waals surface area contributed by atoms with E-state index in [1.54, 1.807) is 18.2 Å². The summed E-state index contributed by atoms with van der Waals surface area (Å²) in [6.45, 7) is 0. The molecule has 1 atom stereocenters. The Labute approximate surface area is 85.8 Å². The normalized spacial score (nSPS) is 20.3. The van der Waals surface area contributed by atoms with E-state index >= 15 is 0 Å². The summed E-state index contributed by atoms with van der Waals surface area (Å²) >= 11 is 0. The topological polar surface area (TPSA) is 3.24 Å². The van der Waals surface area contributed by atoms with Gasteiger partial charge in [-0.25, -0.2) is 0 Å². The lowest BCUT2D eigenvalue weighted by molar-refractivity contribution is -0.137. The molecule has 0 spiro atoms. The molecule has 2 rings (SSSR count). The van der Waals surface area contributed by atoms with E-state index in [9.17, 15) is 13.2 Å². The summed E-state index contributed by atoms with van der Waals surface area (Å²) in [6, 6.07) is 5.52. The minimum absolute atomic E-state index is 0.613. The molecule has 0 N–H and O–H groups in total. The van der Waals surface area contributed by atoms with Crippen LogP contribution >= 0.6 is 0 Å². The largest absolute Gasteiger partial charge is 0.412 e. The molecule has 1 nitrogen and oxygen atoms in total. The van der Waals surface area contributed by atoms with Crippen molar-refractivity contribution in [2.75, 3.05) is 11.9 Å². The number of hydrogen-bond donors (Lipinski definition) is 0. The molecule has 1 aromatic rings. The van der Waals surface area contributed by atoms with Gasteiger partial charge in [0.1, 0.15) is 6.04 Å². The number of hydrogen-bond acceptors (Lipinski definition) is 1. The Morgan fingerprint density at radius 2 is 1.87 bits per heavy atom. The van der Waals surface area contributed by atoms with Gasteiger partial charge in [0.15, 0.2) is 0 Å². The summed E-state index contributed by atoms with van der Waals surface area (Å²) in [5, 5.41) is 0. The quantitative estimate of drug-likeness (QED) is 0.640. The number of anilines is 1. The molecule has 80 valence electrons. The Morgan fingerprint density at radius 1 is 1.20 bits per heavy atom. The van der Waals surface area contributed by atoms with Crippen LogP contribution in [0.3, 0.4) is 0 Å². The van der Waals surface area contributed by atoms with Gasteiger partial charge >= 0.3 is 6.18 Å². The number of para-hydroxylation sites is 1. The minimum Gasteiger partial charge on any atom is -0.359 e. The first-order valence-corrected chi connectivity index (χ1v) is 4.57. The summed E-state index contributed by atoms with van der Waals surface area (Å²) in [7, 11) is 1.46. The third-order valence-corrected chi connectivity index (χ3v) is 2.53. The van der Waals surface area contributed by atoms with Gasteiger partial charge in [-0.15, -0.1) is 0 Å². The molecule has 1 aliphatic rings. The summed E-state index contributed by atoms with van der Waals surface area (Å²) in [5.41, 5.74) is 1.43. The van der Waals surface area contributed by atoms with E-state index in [0.717, 1.165) is 5.56 Å². The van der Waals surface area contributed by atoms with Gasteiger partial charge in [-0.3, -0.25) is 0 Å². The fourth-order valence-corrected chi connectivity index (χ4v) is 1.75. The van der Waals surface area contributed by atoms with E-state index in [1.165, 1.54) is 24.1 Å². The van der Waals surface area contributed by atoms with Crippen LogP contribution in [0, 0.1) is 0 Å². The highest BCUT2D eigenvalue weighted by Gasteiger charge is 2.42. The maximum Gasteiger partial charge on any atom is 0.412 e. The van der Waals surface area contributed by atoms with Crippen molar-refractivity contribution in [3.8, 4) is 0 Å². The zero-order valence-electron chi connectivity index (χ0n) is 8.12. The van der Waals surface area contributed by atoms with Gasteiger partial charge in [0.2, 0.25) is 0 Å². The molecule has 1 aromatic carbocycles. The molecule has 0 saturated carbocycles. The average Bonchev–Trinajstić information content (AvgIpc) is 2.16. The first kappa shape index (κ1) is 10.1. The highest BCUT2D eigenvalue weighted by Crippen LogP contribution is 2.34. The maximum absolute atomic E-state index is 12.6. The SMILES string of the molecule is CN1c2ccccc2C=CC1C(F)(F)F. The molecule has 1 unspecified atom stereocenters. The summed E-state index contributed by atoms with van der Waals surface area (Å²) in [6.07, 6.45) is -1.52. The van der Waals surface area contributed by atoms with E-state index in [4.69, 9.17) is 0 Å². The molecule has 0 saturated heterocycles. The van der Waals surface area contributed by atoms with Gasteiger partial charge in [-0.2, -0.15) is 13.2 Å². The third kappa shape index (κ3) is 1.71. The standard InChI is InChI=1S/C11H10F3N/c1-15-9-5-3-2-4-8(9)6-7-10(15)11(12,13)14/h2-7,10H,1H3. The van der Waals surface area contributed by atoms with Crippen molar-refractivity contribution < 1.29 is 13.2 Å². The third-order valence-electron chi connectivity index (χ3n) is 2.53. The minimum atomic E-state index is -4.22. The molecular formula is C11H10F3N. The second-order valence-electron chi connectivity index (χ2n) is 3.52. The fourth-order valence-electron chi connectivity index (χ4n) is 1.75. The fraction of sp³-hybridized carbons (Fsp3) is 0.273. The lowest BCUT2D eigenvalue weighted by Gasteiger charge is -2.33. The molecule has 4 heteroatoms. The number of alkyl halides is 3. The predicted octanol–water partition coefficient (Wildman–Crippen LogP) is 3.08. The van der Waals surface area contributed by atoms with Crippen LogP contribution < -0.4 is 4.90 Å². The van der Waals surface area contributed by atoms with Gasteiger partial charge < -0.3 is 4.90 Å². The average molecular weight is 213 g/mol. The smallest absolute Gasteiger partial charge is 0.359 e. The van der Waals surface area contributed by atoms with Crippen LogP contribution in [0.2, 0.25) is 0 Å². The number of benzene rings is 1. The van der Waals surface area contributed by atoms with Crippen LogP contribution in [0.4, 0.5) is 18.9 Å². The number of likely N-dealkylation sites (N-methyl/N-ethyl adjacent to an activating group) is 1. The van der Waals surface area contributed by atoms with E-state index in [1.807, 2.05) is 6.07 Å². The van der Waals surface area contributed by atoms with Gasteiger partial charge in [-0.05, 0) is 11.6 Å². The van der Waals surface area contributed by atoms with Crippen molar-refractivity contribution in [2.45, 2.75) is 12.2 Å². The highest BCUT2D eigenvalue weighted by atomic mass is 19.4. The van der Waals surface area contributed by atoms with Crippen LogP contribution in [0.5, 0.6) is 0 Å². The lowest BCUT2D eigenvalue weighted by Crippen LogP contribution is -2.43. The van der Waals surface area contributed by atoms with Crippen LogP contribution in [0.1, 0.15) is 5.56 Å². The van der Waals surface area contributed by atoms with Crippen molar-refractivity contribution in [3.63, 3.8) is 0 Å². The van der Waals surface area contributed by atoms with Crippen molar-refractivity contribution in [1.29, 1.82) is 0 Å². The molecule has 1 aliphatic heterocycles. The van der Waals surface area contributed by atoms with Crippen molar-refractivity contribution in [3.05, 3.63) is 35.9 Å². The van der Waals surface area contributed by atoms with E-state index in [0.29, 0.717) is 5.69 Å². The monoisotopic (exact) mass is 213 g/mol. The molecule has 0 amide bonds. The van der Waals surface area contributed by atoms with Crippen LogP contribution in [-0.2, 0) is 0 Å². The molecule has 0 bridgehead atoms. The molecule has 0 aliphatic carbocycles. The zero-order valence-corrected chi connectivity index (χ0v) is 8.12. The van der Waals surface area contributed by atoms with Gasteiger partial charge in [0.05, 0.1) is 0 Å². The summed E-state index contributed by atoms with van der Waals surface area (Å²) in [5.74, 6) is 0. The highest BCUT2D eigenvalue weighted by molar-refractivity contribution is 5.72. The molecule has 0 aromatic heterocycles. The molecule has 0 fully saturated rings. The Morgan fingerprint density at radius 3 is 2.53 bits per heavy atom. The van der Waals surface area contributed by atoms with Crippen molar-refractivity contribution in [2.24, 2.45) is 0 Å². The maximum atomic E-state index is 12.6. The molecule has 0 radical (unpaired) electrons. The lowest BCUT2D eigenvalue weighted by atomic mass is 10.0. The van der Waals surface area contributed by atoms with Gasteiger partial charge in [-0.1, -0.05) is 30.4 Å². The first-order chi connectivity index (χ1) is 7.00. The Hall–Kier alpha value is -1.45. The number of fused-ring (bicyclic) bond motifs is 1. The molecule has 1 heterocycles. The number of nitrogens with zero attached hydrogens (tertiary/aromatic N) is 1. The van der Waals surface area contributed by atoms with Gasteiger partial charge in [0, 0.05) is 12.7 Å². The number of halogens is 3. The summed E-state index contributed by atoms with van der Waals surface area (Å²) in [4.78, 5) is 1.25. The van der Waals surface area contributed by atoms with Gasteiger partial charge in [0.25, 0.3) is 0 Å². The second kappa shape index (κ2) is 3.29. The Kier molecular flexibility index (Phi) is 2.21. The van der Waals surface area contributed by atoms with Crippen LogP contribution in [0.15, 0.2) is 30.3 Å². The Balaban J connectivity index is 2.42. The number of rotatable bonds is 0. The van der Waals surface area contributed by atoms with E-state index in [-0.39, 0.29) is 0 Å². The summed E-state index contributed by atoms with van der Waals surface area (Å²) < 4.78 is 37.8. The Bertz CT molecular complexity index is 395. The van der Waals surface area contributed by atoms with E-state index in [2.05, 4.69) is 0 Å². The zero-order chi connectivity index (χ0) is 11.1. The first-order valence-electron chi connectivity index (χ1n) is 4.57. The van der Waals surface area contributed by atoms with Crippen LogP contribution in [0.25, 0.3) is 6.08 Å². The second-order valence-corrected chi connectivity index (χ2v) is 3.52. The van der Waals surface area contributed by atoms with Crippen molar-refractivity contribution >= 4 is 11.8 Å². The molecular weight excluding hydrogens is 203 g/mol.